The lowest BCUT2D eigenvalue weighted by Crippen LogP contribution is -2.20. The first-order valence-corrected chi connectivity index (χ1v) is 7.07. The minimum atomic E-state index is 0.0858. The second-order valence-electron chi connectivity index (χ2n) is 5.36. The molecule has 1 aromatic carbocycles. The molecule has 0 saturated heterocycles. The molecule has 18 heavy (non-hydrogen) atoms. The zero-order valence-electron chi connectivity index (χ0n) is 10.8. The Labute approximate surface area is 114 Å². The molecule has 0 aromatic heterocycles. The number of halogens is 1. The number of anilines is 1. The van der Waals surface area contributed by atoms with Gasteiger partial charge in [0.1, 0.15) is 0 Å². The molecule has 98 valence electrons. The molecule has 0 heterocycles. The van der Waals surface area contributed by atoms with E-state index in [4.69, 9.17) is 11.6 Å². The summed E-state index contributed by atoms with van der Waals surface area (Å²) in [5, 5.41) is 3.50. The van der Waals surface area contributed by atoms with Crippen molar-refractivity contribution in [3.63, 3.8) is 0 Å². The van der Waals surface area contributed by atoms with Gasteiger partial charge in [0.05, 0.1) is 10.7 Å². The lowest BCUT2D eigenvalue weighted by atomic mass is 9.81. The maximum absolute atomic E-state index is 11.9. The van der Waals surface area contributed by atoms with Crippen molar-refractivity contribution in [2.45, 2.75) is 39.0 Å². The zero-order valence-corrected chi connectivity index (χ0v) is 11.5. The third kappa shape index (κ3) is 3.74. The molecule has 1 fully saturated rings. The van der Waals surface area contributed by atoms with Gasteiger partial charge in [0.2, 0.25) is 5.91 Å². The number of amides is 1. The van der Waals surface area contributed by atoms with E-state index in [2.05, 4.69) is 12.2 Å². The summed E-state index contributed by atoms with van der Waals surface area (Å²) in [7, 11) is 0. The fraction of sp³-hybridized carbons (Fsp3) is 0.533. The van der Waals surface area contributed by atoms with Crippen LogP contribution in [0.25, 0.3) is 0 Å². The molecule has 1 aliphatic rings. The normalized spacial score (nSPS) is 23.7. The van der Waals surface area contributed by atoms with Gasteiger partial charge in [-0.15, -0.1) is 0 Å². The third-order valence-electron chi connectivity index (χ3n) is 3.76. The van der Waals surface area contributed by atoms with Gasteiger partial charge in [-0.3, -0.25) is 4.79 Å². The van der Waals surface area contributed by atoms with Crippen LogP contribution in [0.1, 0.15) is 39.0 Å². The largest absolute Gasteiger partial charge is 0.325 e. The van der Waals surface area contributed by atoms with Gasteiger partial charge in [0.25, 0.3) is 0 Å². The number of para-hydroxylation sites is 1. The van der Waals surface area contributed by atoms with E-state index >= 15 is 0 Å². The standard InChI is InChI=1S/C15H20ClNO/c1-11-6-8-12(9-7-11)10-15(18)17-14-5-3-2-4-13(14)16/h2-5,11-12H,6-10H2,1H3,(H,17,18). The molecule has 0 bridgehead atoms. The molecule has 0 aliphatic heterocycles. The number of benzene rings is 1. The smallest absolute Gasteiger partial charge is 0.224 e. The number of hydrogen-bond donors (Lipinski definition) is 1. The minimum absolute atomic E-state index is 0.0858. The Hall–Kier alpha value is -1.02. The van der Waals surface area contributed by atoms with E-state index < -0.39 is 0 Å². The summed E-state index contributed by atoms with van der Waals surface area (Å²) in [6, 6.07) is 7.37. The van der Waals surface area contributed by atoms with Crippen LogP contribution in [0.5, 0.6) is 0 Å². The lowest BCUT2D eigenvalue weighted by molar-refractivity contribution is -0.117. The fourth-order valence-electron chi connectivity index (χ4n) is 2.56. The summed E-state index contributed by atoms with van der Waals surface area (Å²) >= 11 is 6.02. The monoisotopic (exact) mass is 265 g/mol. The SMILES string of the molecule is CC1CCC(CC(=O)Nc2ccccc2Cl)CC1. The number of hydrogen-bond acceptors (Lipinski definition) is 1. The van der Waals surface area contributed by atoms with Crippen LogP contribution in [0.2, 0.25) is 5.02 Å². The molecule has 3 heteroatoms. The van der Waals surface area contributed by atoms with E-state index in [1.54, 1.807) is 6.07 Å². The van der Waals surface area contributed by atoms with Crippen LogP contribution >= 0.6 is 11.6 Å². The molecular weight excluding hydrogens is 246 g/mol. The topological polar surface area (TPSA) is 29.1 Å². The Bertz CT molecular complexity index is 411. The van der Waals surface area contributed by atoms with E-state index in [9.17, 15) is 4.79 Å². The summed E-state index contributed by atoms with van der Waals surface area (Å²) in [5.41, 5.74) is 0.716. The van der Waals surface area contributed by atoms with Crippen molar-refractivity contribution in [3.8, 4) is 0 Å². The van der Waals surface area contributed by atoms with Crippen molar-refractivity contribution in [3.05, 3.63) is 29.3 Å². The first-order chi connectivity index (χ1) is 8.65. The molecule has 1 amide bonds. The molecule has 0 unspecified atom stereocenters. The van der Waals surface area contributed by atoms with Gasteiger partial charge in [0, 0.05) is 6.42 Å². The van der Waals surface area contributed by atoms with Crippen LogP contribution in [0.3, 0.4) is 0 Å². The van der Waals surface area contributed by atoms with Crippen molar-refractivity contribution in [2.75, 3.05) is 5.32 Å². The molecule has 1 aliphatic carbocycles. The maximum atomic E-state index is 11.9. The average molecular weight is 266 g/mol. The second-order valence-corrected chi connectivity index (χ2v) is 5.77. The van der Waals surface area contributed by atoms with Crippen LogP contribution < -0.4 is 5.32 Å². The van der Waals surface area contributed by atoms with Crippen molar-refractivity contribution in [1.82, 2.24) is 0 Å². The van der Waals surface area contributed by atoms with Crippen LogP contribution in [-0.2, 0) is 4.79 Å². The Morgan fingerprint density at radius 3 is 2.61 bits per heavy atom. The highest BCUT2D eigenvalue weighted by molar-refractivity contribution is 6.33. The first kappa shape index (κ1) is 13.4. The fourth-order valence-corrected chi connectivity index (χ4v) is 2.74. The Kier molecular flexibility index (Phi) is 4.65. The van der Waals surface area contributed by atoms with Gasteiger partial charge in [-0.1, -0.05) is 43.5 Å². The molecule has 1 saturated carbocycles. The predicted octanol–water partition coefficient (Wildman–Crippen LogP) is 4.49. The first-order valence-electron chi connectivity index (χ1n) is 6.69. The van der Waals surface area contributed by atoms with Gasteiger partial charge >= 0.3 is 0 Å². The van der Waals surface area contributed by atoms with Crippen LogP contribution in [0.15, 0.2) is 24.3 Å². The van der Waals surface area contributed by atoms with Gasteiger partial charge in [0.15, 0.2) is 0 Å². The Morgan fingerprint density at radius 2 is 1.94 bits per heavy atom. The Balaban J connectivity index is 1.84. The van der Waals surface area contributed by atoms with Crippen molar-refractivity contribution < 1.29 is 4.79 Å². The highest BCUT2D eigenvalue weighted by atomic mass is 35.5. The highest BCUT2D eigenvalue weighted by Gasteiger charge is 2.20. The predicted molar refractivity (Wildman–Crippen MR) is 75.8 cm³/mol. The molecule has 2 rings (SSSR count). The van der Waals surface area contributed by atoms with Crippen molar-refractivity contribution in [1.29, 1.82) is 0 Å². The van der Waals surface area contributed by atoms with Crippen LogP contribution in [-0.4, -0.2) is 5.91 Å². The van der Waals surface area contributed by atoms with Gasteiger partial charge < -0.3 is 5.32 Å². The maximum Gasteiger partial charge on any atom is 0.224 e. The molecule has 1 aromatic rings. The lowest BCUT2D eigenvalue weighted by Gasteiger charge is -2.25. The molecular formula is C15H20ClNO. The van der Waals surface area contributed by atoms with Crippen molar-refractivity contribution >= 4 is 23.2 Å². The number of nitrogens with one attached hydrogen (secondary N) is 1. The van der Waals surface area contributed by atoms with E-state index in [0.717, 1.165) is 5.92 Å². The van der Waals surface area contributed by atoms with E-state index in [1.807, 2.05) is 18.2 Å². The summed E-state index contributed by atoms with van der Waals surface area (Å²) in [6.45, 7) is 2.29. The van der Waals surface area contributed by atoms with Crippen LogP contribution in [0.4, 0.5) is 5.69 Å². The van der Waals surface area contributed by atoms with Gasteiger partial charge in [-0.25, -0.2) is 0 Å². The molecule has 2 nitrogen and oxygen atoms in total. The number of carbonyl (C=O) groups excluding carboxylic acids is 1. The number of carbonyl (C=O) groups is 1. The van der Waals surface area contributed by atoms with Gasteiger partial charge in [-0.2, -0.15) is 0 Å². The summed E-state index contributed by atoms with van der Waals surface area (Å²) in [6.07, 6.45) is 5.49. The molecule has 0 atom stereocenters. The Morgan fingerprint density at radius 1 is 1.28 bits per heavy atom. The molecule has 0 radical (unpaired) electrons. The van der Waals surface area contributed by atoms with E-state index in [1.165, 1.54) is 25.7 Å². The molecule has 1 N–H and O–H groups in total. The zero-order chi connectivity index (χ0) is 13.0. The second kappa shape index (κ2) is 6.24. The highest BCUT2D eigenvalue weighted by Crippen LogP contribution is 2.30. The van der Waals surface area contributed by atoms with E-state index in [-0.39, 0.29) is 5.91 Å². The third-order valence-corrected chi connectivity index (χ3v) is 4.09. The summed E-state index contributed by atoms with van der Waals surface area (Å²) in [5.74, 6) is 1.46. The quantitative estimate of drug-likeness (QED) is 0.857. The summed E-state index contributed by atoms with van der Waals surface area (Å²) in [4.78, 5) is 11.9. The van der Waals surface area contributed by atoms with Gasteiger partial charge in [-0.05, 0) is 36.8 Å². The summed E-state index contributed by atoms with van der Waals surface area (Å²) < 4.78 is 0. The van der Waals surface area contributed by atoms with E-state index in [0.29, 0.717) is 23.0 Å². The number of rotatable bonds is 3. The van der Waals surface area contributed by atoms with Crippen LogP contribution in [0, 0.1) is 11.8 Å². The van der Waals surface area contributed by atoms with Crippen molar-refractivity contribution in [2.24, 2.45) is 11.8 Å². The molecule has 0 spiro atoms. The minimum Gasteiger partial charge on any atom is -0.325 e. The average Bonchev–Trinajstić information content (AvgIpc) is 2.35.